The third-order valence-electron chi connectivity index (χ3n) is 4.46. The van der Waals surface area contributed by atoms with Crippen molar-refractivity contribution in [3.8, 4) is 0 Å². The standard InChI is InChI=1S/C17H25N3/c1-13-5-6-14(2)17-16(13)15(12-19-17)4-3-9-20-10-7-18-8-11-20/h5-6,12,18-19H,3-4,7-11H2,1-2H3. The van der Waals surface area contributed by atoms with E-state index in [-0.39, 0.29) is 0 Å². The summed E-state index contributed by atoms with van der Waals surface area (Å²) >= 11 is 0. The lowest BCUT2D eigenvalue weighted by atomic mass is 10.0. The van der Waals surface area contributed by atoms with Crippen molar-refractivity contribution in [2.75, 3.05) is 32.7 Å². The first-order chi connectivity index (χ1) is 9.75. The smallest absolute Gasteiger partial charge is 0.0489 e. The van der Waals surface area contributed by atoms with Crippen molar-refractivity contribution < 1.29 is 0 Å². The van der Waals surface area contributed by atoms with Gasteiger partial charge in [-0.1, -0.05) is 12.1 Å². The second kappa shape index (κ2) is 5.98. The molecule has 1 aliphatic heterocycles. The Morgan fingerprint density at radius 2 is 1.85 bits per heavy atom. The Labute approximate surface area is 121 Å². The van der Waals surface area contributed by atoms with Crippen molar-refractivity contribution in [3.63, 3.8) is 0 Å². The van der Waals surface area contributed by atoms with Gasteiger partial charge in [0, 0.05) is 43.3 Å². The molecular weight excluding hydrogens is 246 g/mol. The Balaban J connectivity index is 1.67. The van der Waals surface area contributed by atoms with Crippen molar-refractivity contribution in [2.45, 2.75) is 26.7 Å². The number of aryl methyl sites for hydroxylation is 3. The average Bonchev–Trinajstić information content (AvgIpc) is 2.90. The lowest BCUT2D eigenvalue weighted by Gasteiger charge is -2.27. The summed E-state index contributed by atoms with van der Waals surface area (Å²) in [6.07, 6.45) is 4.64. The monoisotopic (exact) mass is 271 g/mol. The fraction of sp³-hybridized carbons (Fsp3) is 0.529. The second-order valence-corrected chi connectivity index (χ2v) is 5.96. The van der Waals surface area contributed by atoms with Gasteiger partial charge < -0.3 is 15.2 Å². The molecule has 20 heavy (non-hydrogen) atoms. The number of rotatable bonds is 4. The van der Waals surface area contributed by atoms with E-state index in [1.54, 1.807) is 0 Å². The van der Waals surface area contributed by atoms with Crippen molar-refractivity contribution in [3.05, 3.63) is 35.0 Å². The molecule has 3 nitrogen and oxygen atoms in total. The van der Waals surface area contributed by atoms with Gasteiger partial charge in [0.15, 0.2) is 0 Å². The van der Waals surface area contributed by atoms with E-state index in [2.05, 4.69) is 47.4 Å². The minimum atomic E-state index is 1.14. The van der Waals surface area contributed by atoms with Gasteiger partial charge in [-0.2, -0.15) is 0 Å². The Kier molecular flexibility index (Phi) is 4.08. The van der Waals surface area contributed by atoms with E-state index < -0.39 is 0 Å². The molecule has 3 heteroatoms. The molecule has 0 unspecified atom stereocenters. The van der Waals surface area contributed by atoms with Crippen molar-refractivity contribution >= 4 is 10.9 Å². The molecule has 2 aromatic rings. The molecule has 0 amide bonds. The van der Waals surface area contributed by atoms with Gasteiger partial charge in [0.25, 0.3) is 0 Å². The first-order valence-electron chi connectivity index (χ1n) is 7.75. The van der Waals surface area contributed by atoms with Gasteiger partial charge in [-0.3, -0.25) is 0 Å². The average molecular weight is 271 g/mol. The van der Waals surface area contributed by atoms with Gasteiger partial charge >= 0.3 is 0 Å². The number of hydrogen-bond donors (Lipinski definition) is 2. The van der Waals surface area contributed by atoms with Crippen LogP contribution in [-0.2, 0) is 6.42 Å². The van der Waals surface area contributed by atoms with Gasteiger partial charge in [-0.15, -0.1) is 0 Å². The van der Waals surface area contributed by atoms with Gasteiger partial charge in [0.1, 0.15) is 0 Å². The Hall–Kier alpha value is -1.32. The highest BCUT2D eigenvalue weighted by Crippen LogP contribution is 2.26. The summed E-state index contributed by atoms with van der Waals surface area (Å²) < 4.78 is 0. The molecule has 3 rings (SSSR count). The number of piperazine rings is 1. The summed E-state index contributed by atoms with van der Waals surface area (Å²) in [6, 6.07) is 4.45. The highest BCUT2D eigenvalue weighted by Gasteiger charge is 2.11. The molecule has 0 aliphatic carbocycles. The molecule has 1 aliphatic rings. The topological polar surface area (TPSA) is 31.1 Å². The van der Waals surface area contributed by atoms with Gasteiger partial charge in [0.05, 0.1) is 0 Å². The van der Waals surface area contributed by atoms with Crippen LogP contribution in [0.25, 0.3) is 10.9 Å². The van der Waals surface area contributed by atoms with Crippen LogP contribution in [0.1, 0.15) is 23.1 Å². The van der Waals surface area contributed by atoms with Gasteiger partial charge in [0.2, 0.25) is 0 Å². The quantitative estimate of drug-likeness (QED) is 0.895. The van der Waals surface area contributed by atoms with E-state index in [1.807, 2.05) is 0 Å². The fourth-order valence-corrected chi connectivity index (χ4v) is 3.27. The Bertz CT molecular complexity index is 579. The summed E-state index contributed by atoms with van der Waals surface area (Å²) in [7, 11) is 0. The highest BCUT2D eigenvalue weighted by atomic mass is 15.2. The number of H-pyrrole nitrogens is 1. The van der Waals surface area contributed by atoms with Crippen LogP contribution in [0.4, 0.5) is 0 Å². The molecule has 1 aromatic carbocycles. The summed E-state index contributed by atoms with van der Waals surface area (Å²) in [5.41, 5.74) is 5.54. The molecule has 2 N–H and O–H groups in total. The number of hydrogen-bond acceptors (Lipinski definition) is 2. The van der Waals surface area contributed by atoms with Crippen LogP contribution in [-0.4, -0.2) is 42.6 Å². The van der Waals surface area contributed by atoms with Crippen LogP contribution in [0.2, 0.25) is 0 Å². The van der Waals surface area contributed by atoms with Crippen LogP contribution >= 0.6 is 0 Å². The van der Waals surface area contributed by atoms with Gasteiger partial charge in [-0.05, 0) is 49.9 Å². The maximum Gasteiger partial charge on any atom is 0.0489 e. The molecule has 2 heterocycles. The van der Waals surface area contributed by atoms with Crippen LogP contribution in [0.5, 0.6) is 0 Å². The fourth-order valence-electron chi connectivity index (χ4n) is 3.27. The first kappa shape index (κ1) is 13.7. The lowest BCUT2D eigenvalue weighted by Crippen LogP contribution is -2.43. The molecule has 0 radical (unpaired) electrons. The van der Waals surface area contributed by atoms with E-state index in [0.29, 0.717) is 0 Å². The number of nitrogens with zero attached hydrogens (tertiary/aromatic N) is 1. The van der Waals surface area contributed by atoms with Gasteiger partial charge in [-0.25, -0.2) is 0 Å². The maximum absolute atomic E-state index is 3.46. The maximum atomic E-state index is 3.46. The number of nitrogens with one attached hydrogen (secondary N) is 2. The van der Waals surface area contributed by atoms with E-state index in [1.165, 1.54) is 60.1 Å². The predicted octanol–water partition coefficient (Wildman–Crippen LogP) is 2.62. The largest absolute Gasteiger partial charge is 0.361 e. The zero-order valence-electron chi connectivity index (χ0n) is 12.6. The summed E-state index contributed by atoms with van der Waals surface area (Å²) in [5.74, 6) is 0. The third-order valence-corrected chi connectivity index (χ3v) is 4.46. The number of aromatic nitrogens is 1. The molecule has 0 atom stereocenters. The van der Waals surface area contributed by atoms with E-state index in [9.17, 15) is 0 Å². The third kappa shape index (κ3) is 2.74. The minimum absolute atomic E-state index is 1.14. The number of aromatic amines is 1. The summed E-state index contributed by atoms with van der Waals surface area (Å²) in [6.45, 7) is 10.3. The number of fused-ring (bicyclic) bond motifs is 1. The Morgan fingerprint density at radius 3 is 2.65 bits per heavy atom. The molecule has 1 fully saturated rings. The predicted molar refractivity (Wildman–Crippen MR) is 85.4 cm³/mol. The lowest BCUT2D eigenvalue weighted by molar-refractivity contribution is 0.238. The van der Waals surface area contributed by atoms with Crippen molar-refractivity contribution in [1.82, 2.24) is 15.2 Å². The molecule has 1 aromatic heterocycles. The highest BCUT2D eigenvalue weighted by molar-refractivity contribution is 5.88. The van der Waals surface area contributed by atoms with Crippen LogP contribution in [0, 0.1) is 13.8 Å². The molecule has 1 saturated heterocycles. The van der Waals surface area contributed by atoms with E-state index >= 15 is 0 Å². The normalized spacial score (nSPS) is 16.9. The zero-order chi connectivity index (χ0) is 13.9. The zero-order valence-corrected chi connectivity index (χ0v) is 12.6. The SMILES string of the molecule is Cc1ccc(C)c2c(CCCN3CCNCC3)c[nH]c12. The molecule has 0 spiro atoms. The molecule has 108 valence electrons. The van der Waals surface area contributed by atoms with Crippen molar-refractivity contribution in [1.29, 1.82) is 0 Å². The number of benzene rings is 1. The van der Waals surface area contributed by atoms with Crippen LogP contribution in [0.3, 0.4) is 0 Å². The van der Waals surface area contributed by atoms with Crippen molar-refractivity contribution in [2.24, 2.45) is 0 Å². The first-order valence-corrected chi connectivity index (χ1v) is 7.75. The molecular formula is C17H25N3. The minimum Gasteiger partial charge on any atom is -0.361 e. The van der Waals surface area contributed by atoms with E-state index in [0.717, 1.165) is 13.1 Å². The van der Waals surface area contributed by atoms with Crippen LogP contribution < -0.4 is 5.32 Å². The summed E-state index contributed by atoms with van der Waals surface area (Å²) in [5, 5.41) is 4.86. The Morgan fingerprint density at radius 1 is 1.10 bits per heavy atom. The molecule has 0 saturated carbocycles. The summed E-state index contributed by atoms with van der Waals surface area (Å²) in [4.78, 5) is 6.03. The molecule has 0 bridgehead atoms. The second-order valence-electron chi connectivity index (χ2n) is 5.96. The van der Waals surface area contributed by atoms with Crippen LogP contribution in [0.15, 0.2) is 18.3 Å². The van der Waals surface area contributed by atoms with E-state index in [4.69, 9.17) is 0 Å².